The molecular weight excluding hydrogens is 376 g/mol. The molecule has 3 aromatic carbocycles. The Hall–Kier alpha value is -2.85. The van der Waals surface area contributed by atoms with E-state index in [1.807, 2.05) is 36.4 Å². The summed E-state index contributed by atoms with van der Waals surface area (Å²) in [6.07, 6.45) is 0. The number of para-hydroxylation sites is 1. The number of hydrogen-bond donors (Lipinski definition) is 0. The topological polar surface area (TPSA) is 34.9 Å². The smallest absolute Gasteiger partial charge is 0.266 e. The maximum absolute atomic E-state index is 13.5. The van der Waals surface area contributed by atoms with Gasteiger partial charge in [0.2, 0.25) is 0 Å². The van der Waals surface area contributed by atoms with Crippen molar-refractivity contribution in [2.24, 2.45) is 0 Å². The summed E-state index contributed by atoms with van der Waals surface area (Å²) >= 11 is 1.61. The molecule has 0 amide bonds. The molecule has 0 fully saturated rings. The number of fused-ring (bicyclic) bond motifs is 1. The van der Waals surface area contributed by atoms with Crippen molar-refractivity contribution in [3.8, 4) is 5.69 Å². The standard InChI is InChI=1S/C25H24N2OS/c1-16-12-13-18(3)20(14-16)15-29-25-26-22-10-6-5-9-21(22)24(28)27(25)23-11-7-8-17(2)19(23)4/h5-14H,15H2,1-4H3. The van der Waals surface area contributed by atoms with Crippen molar-refractivity contribution in [3.63, 3.8) is 0 Å². The van der Waals surface area contributed by atoms with E-state index in [-0.39, 0.29) is 5.56 Å². The average molecular weight is 401 g/mol. The molecule has 0 atom stereocenters. The first kappa shape index (κ1) is 19.5. The molecule has 29 heavy (non-hydrogen) atoms. The van der Waals surface area contributed by atoms with Gasteiger partial charge in [-0.15, -0.1) is 0 Å². The Morgan fingerprint density at radius 1 is 0.897 bits per heavy atom. The molecule has 0 spiro atoms. The van der Waals surface area contributed by atoms with E-state index in [9.17, 15) is 4.79 Å². The summed E-state index contributed by atoms with van der Waals surface area (Å²) in [7, 11) is 0. The van der Waals surface area contributed by atoms with Crippen LogP contribution in [0.3, 0.4) is 0 Å². The minimum Gasteiger partial charge on any atom is -0.268 e. The lowest BCUT2D eigenvalue weighted by Gasteiger charge is -2.16. The van der Waals surface area contributed by atoms with Gasteiger partial charge in [0.05, 0.1) is 16.6 Å². The number of nitrogens with zero attached hydrogens (tertiary/aromatic N) is 2. The normalized spacial score (nSPS) is 11.2. The molecule has 0 N–H and O–H groups in total. The summed E-state index contributed by atoms with van der Waals surface area (Å²) in [5.74, 6) is 0.767. The molecule has 0 aliphatic carbocycles. The molecule has 0 saturated heterocycles. The summed E-state index contributed by atoms with van der Waals surface area (Å²) in [5.41, 5.74) is 7.64. The van der Waals surface area contributed by atoms with E-state index in [4.69, 9.17) is 4.98 Å². The quantitative estimate of drug-likeness (QED) is 0.315. The fourth-order valence-corrected chi connectivity index (χ4v) is 4.57. The van der Waals surface area contributed by atoms with E-state index >= 15 is 0 Å². The predicted molar refractivity (Wildman–Crippen MR) is 122 cm³/mol. The van der Waals surface area contributed by atoms with E-state index in [2.05, 4.69) is 52.0 Å². The lowest BCUT2D eigenvalue weighted by molar-refractivity contribution is 0.813. The van der Waals surface area contributed by atoms with Gasteiger partial charge in [0.1, 0.15) is 0 Å². The molecule has 4 heteroatoms. The van der Waals surface area contributed by atoms with Gasteiger partial charge < -0.3 is 0 Å². The van der Waals surface area contributed by atoms with Crippen molar-refractivity contribution in [3.05, 3.63) is 98.8 Å². The molecule has 146 valence electrons. The van der Waals surface area contributed by atoms with Gasteiger partial charge in [0.25, 0.3) is 5.56 Å². The zero-order valence-corrected chi connectivity index (χ0v) is 18.0. The van der Waals surface area contributed by atoms with Gasteiger partial charge in [-0.25, -0.2) is 4.98 Å². The molecule has 0 saturated carbocycles. The minimum absolute atomic E-state index is 0.0206. The fourth-order valence-electron chi connectivity index (χ4n) is 3.50. The minimum atomic E-state index is -0.0206. The number of hydrogen-bond acceptors (Lipinski definition) is 3. The average Bonchev–Trinajstić information content (AvgIpc) is 2.71. The number of thioether (sulfide) groups is 1. The SMILES string of the molecule is Cc1ccc(C)c(CSc2nc3ccccc3c(=O)n2-c2cccc(C)c2C)c1. The molecule has 0 radical (unpaired) electrons. The van der Waals surface area contributed by atoms with Crippen molar-refractivity contribution in [1.82, 2.24) is 9.55 Å². The van der Waals surface area contributed by atoms with E-state index in [0.717, 1.165) is 33.2 Å². The largest absolute Gasteiger partial charge is 0.268 e. The van der Waals surface area contributed by atoms with Gasteiger partial charge in [0.15, 0.2) is 5.16 Å². The highest BCUT2D eigenvalue weighted by Crippen LogP contribution is 2.28. The molecule has 4 rings (SSSR count). The van der Waals surface area contributed by atoms with Crippen LogP contribution in [0.5, 0.6) is 0 Å². The van der Waals surface area contributed by atoms with E-state index in [1.54, 1.807) is 16.3 Å². The van der Waals surface area contributed by atoms with Crippen LogP contribution in [0, 0.1) is 27.7 Å². The lowest BCUT2D eigenvalue weighted by atomic mass is 10.1. The molecule has 0 bridgehead atoms. The third kappa shape index (κ3) is 3.73. The van der Waals surface area contributed by atoms with Gasteiger partial charge in [-0.05, 0) is 68.1 Å². The molecule has 1 heterocycles. The third-order valence-corrected chi connectivity index (χ3v) is 6.41. The fraction of sp³-hybridized carbons (Fsp3) is 0.200. The summed E-state index contributed by atoms with van der Waals surface area (Å²) in [4.78, 5) is 18.3. The lowest BCUT2D eigenvalue weighted by Crippen LogP contribution is -2.22. The first-order chi connectivity index (χ1) is 14.0. The highest BCUT2D eigenvalue weighted by atomic mass is 32.2. The summed E-state index contributed by atoms with van der Waals surface area (Å²) in [5, 5.41) is 1.37. The number of rotatable bonds is 4. The highest BCUT2D eigenvalue weighted by Gasteiger charge is 2.16. The van der Waals surface area contributed by atoms with Gasteiger partial charge in [-0.3, -0.25) is 9.36 Å². The zero-order valence-electron chi connectivity index (χ0n) is 17.2. The zero-order chi connectivity index (χ0) is 20.5. The molecule has 0 unspecified atom stereocenters. The third-order valence-electron chi connectivity index (χ3n) is 5.42. The van der Waals surface area contributed by atoms with Crippen molar-refractivity contribution < 1.29 is 0 Å². The predicted octanol–water partition coefficient (Wildman–Crippen LogP) is 5.91. The van der Waals surface area contributed by atoms with E-state index in [1.165, 1.54) is 16.7 Å². The number of aromatic nitrogens is 2. The molecule has 1 aromatic heterocycles. The Kier molecular flexibility index (Phi) is 5.29. The maximum atomic E-state index is 13.5. The van der Waals surface area contributed by atoms with Crippen LogP contribution >= 0.6 is 11.8 Å². The van der Waals surface area contributed by atoms with Gasteiger partial charge in [-0.1, -0.05) is 59.8 Å². The van der Waals surface area contributed by atoms with Crippen LogP contribution in [-0.4, -0.2) is 9.55 Å². The van der Waals surface area contributed by atoms with Crippen molar-refractivity contribution in [2.75, 3.05) is 0 Å². The molecule has 4 aromatic rings. The highest BCUT2D eigenvalue weighted by molar-refractivity contribution is 7.98. The number of aryl methyl sites for hydroxylation is 3. The Balaban J connectivity index is 1.89. The van der Waals surface area contributed by atoms with E-state index < -0.39 is 0 Å². The monoisotopic (exact) mass is 400 g/mol. The van der Waals surface area contributed by atoms with Crippen molar-refractivity contribution in [1.29, 1.82) is 0 Å². The van der Waals surface area contributed by atoms with Crippen LogP contribution in [-0.2, 0) is 5.75 Å². The Morgan fingerprint density at radius 2 is 1.69 bits per heavy atom. The van der Waals surface area contributed by atoms with Crippen LogP contribution in [0.4, 0.5) is 0 Å². The second kappa shape index (κ2) is 7.88. The van der Waals surface area contributed by atoms with Gasteiger partial charge in [-0.2, -0.15) is 0 Å². The first-order valence-electron chi connectivity index (χ1n) is 9.73. The molecule has 3 nitrogen and oxygen atoms in total. The summed E-state index contributed by atoms with van der Waals surface area (Å²) in [6.45, 7) is 8.36. The van der Waals surface area contributed by atoms with Crippen LogP contribution in [0.1, 0.15) is 27.8 Å². The summed E-state index contributed by atoms with van der Waals surface area (Å²) in [6, 6.07) is 20.1. The second-order valence-electron chi connectivity index (χ2n) is 7.49. The Bertz CT molecular complexity index is 1270. The number of benzene rings is 3. The Labute approximate surface area is 175 Å². The summed E-state index contributed by atoms with van der Waals surface area (Å²) < 4.78 is 1.78. The second-order valence-corrected chi connectivity index (χ2v) is 8.43. The van der Waals surface area contributed by atoms with Gasteiger partial charge >= 0.3 is 0 Å². The van der Waals surface area contributed by atoms with Crippen LogP contribution in [0.15, 0.2) is 70.6 Å². The molecule has 0 aliphatic rings. The molecule has 0 aliphatic heterocycles. The maximum Gasteiger partial charge on any atom is 0.266 e. The Morgan fingerprint density at radius 3 is 2.52 bits per heavy atom. The molecular formula is C25H24N2OS. The van der Waals surface area contributed by atoms with Crippen molar-refractivity contribution >= 4 is 22.7 Å². The van der Waals surface area contributed by atoms with Crippen LogP contribution in [0.25, 0.3) is 16.6 Å². The first-order valence-corrected chi connectivity index (χ1v) is 10.7. The van der Waals surface area contributed by atoms with Crippen molar-refractivity contribution in [2.45, 2.75) is 38.6 Å². The van der Waals surface area contributed by atoms with Crippen LogP contribution < -0.4 is 5.56 Å². The van der Waals surface area contributed by atoms with E-state index in [0.29, 0.717) is 5.39 Å². The van der Waals surface area contributed by atoms with Gasteiger partial charge in [0, 0.05) is 5.75 Å². The van der Waals surface area contributed by atoms with Crippen LogP contribution in [0.2, 0.25) is 0 Å².